The van der Waals surface area contributed by atoms with Crippen molar-refractivity contribution in [3.05, 3.63) is 54.3 Å². The molecular formula is C18H20FN5O. The van der Waals surface area contributed by atoms with E-state index < -0.39 is 5.95 Å². The Balaban J connectivity index is 1.56. The Morgan fingerprint density at radius 1 is 1.40 bits per heavy atom. The molecule has 1 aliphatic rings. The second-order valence-corrected chi connectivity index (χ2v) is 6.63. The minimum absolute atomic E-state index is 0.0856. The summed E-state index contributed by atoms with van der Waals surface area (Å²) in [5.74, 6) is -0.556. The van der Waals surface area contributed by atoms with Crippen molar-refractivity contribution in [3.63, 3.8) is 0 Å². The van der Waals surface area contributed by atoms with Gasteiger partial charge in [0, 0.05) is 37.7 Å². The summed E-state index contributed by atoms with van der Waals surface area (Å²) in [6.45, 7) is 3.87. The van der Waals surface area contributed by atoms with Crippen LogP contribution in [0.15, 0.2) is 36.9 Å². The molecule has 7 heteroatoms. The summed E-state index contributed by atoms with van der Waals surface area (Å²) in [4.78, 5) is 22.9. The van der Waals surface area contributed by atoms with Crippen molar-refractivity contribution in [2.75, 3.05) is 13.1 Å². The largest absolute Gasteiger partial charge is 0.337 e. The standard InChI is InChI=1S/C18H20FN5O/c1-13-4-2-6-15-21-16(17(19)24(13)15)18(25)23-8-3-5-14(11-23)10-22-9-7-20-12-22/h2,4,6-7,9,12,14H,3,5,8,10-11H2,1H3/t14-/m0/s1. The first-order valence-electron chi connectivity index (χ1n) is 8.52. The van der Waals surface area contributed by atoms with Crippen LogP contribution in [0.3, 0.4) is 0 Å². The van der Waals surface area contributed by atoms with Crippen molar-refractivity contribution < 1.29 is 9.18 Å². The van der Waals surface area contributed by atoms with Gasteiger partial charge >= 0.3 is 0 Å². The molecule has 4 rings (SSSR count). The number of aromatic nitrogens is 4. The maximum atomic E-state index is 14.7. The van der Waals surface area contributed by atoms with Crippen LogP contribution in [-0.4, -0.2) is 42.8 Å². The molecule has 1 atom stereocenters. The Morgan fingerprint density at radius 2 is 2.28 bits per heavy atom. The fourth-order valence-electron chi connectivity index (χ4n) is 3.59. The van der Waals surface area contributed by atoms with Crippen LogP contribution < -0.4 is 0 Å². The van der Waals surface area contributed by atoms with Gasteiger partial charge in [-0.1, -0.05) is 6.07 Å². The number of fused-ring (bicyclic) bond motifs is 1. The number of imidazole rings is 2. The average molecular weight is 341 g/mol. The molecule has 1 amide bonds. The monoisotopic (exact) mass is 341 g/mol. The minimum atomic E-state index is -0.574. The van der Waals surface area contributed by atoms with Crippen molar-refractivity contribution in [1.29, 1.82) is 0 Å². The quantitative estimate of drug-likeness (QED) is 0.736. The second kappa shape index (κ2) is 6.31. The van der Waals surface area contributed by atoms with Crippen LogP contribution in [0.5, 0.6) is 0 Å². The molecule has 1 aliphatic heterocycles. The molecule has 0 saturated carbocycles. The molecule has 25 heavy (non-hydrogen) atoms. The number of pyridine rings is 1. The summed E-state index contributed by atoms with van der Waals surface area (Å²) >= 11 is 0. The normalized spacial score (nSPS) is 18.0. The maximum Gasteiger partial charge on any atom is 0.277 e. The molecule has 0 unspecified atom stereocenters. The lowest BCUT2D eigenvalue weighted by Gasteiger charge is -2.32. The molecule has 4 heterocycles. The SMILES string of the molecule is Cc1cccc2nc(C(=O)N3CCC[C@@H](Cn4ccnc4)C3)c(F)n12. The number of hydrogen-bond acceptors (Lipinski definition) is 3. The first-order valence-corrected chi connectivity index (χ1v) is 8.52. The van der Waals surface area contributed by atoms with Crippen molar-refractivity contribution >= 4 is 11.6 Å². The van der Waals surface area contributed by atoms with E-state index in [0.29, 0.717) is 24.7 Å². The molecule has 0 aromatic carbocycles. The van der Waals surface area contributed by atoms with E-state index in [4.69, 9.17) is 0 Å². The zero-order valence-corrected chi connectivity index (χ0v) is 14.1. The van der Waals surface area contributed by atoms with E-state index in [2.05, 4.69) is 9.97 Å². The van der Waals surface area contributed by atoms with Gasteiger partial charge in [0.15, 0.2) is 5.69 Å². The molecule has 6 nitrogen and oxygen atoms in total. The van der Waals surface area contributed by atoms with E-state index in [1.807, 2.05) is 16.8 Å². The summed E-state index contributed by atoms with van der Waals surface area (Å²) in [6.07, 6.45) is 7.42. The summed E-state index contributed by atoms with van der Waals surface area (Å²) in [7, 11) is 0. The Bertz CT molecular complexity index is 902. The third kappa shape index (κ3) is 2.90. The second-order valence-electron chi connectivity index (χ2n) is 6.63. The highest BCUT2D eigenvalue weighted by atomic mass is 19.1. The van der Waals surface area contributed by atoms with Crippen molar-refractivity contribution in [1.82, 2.24) is 23.8 Å². The van der Waals surface area contributed by atoms with E-state index in [0.717, 1.165) is 25.1 Å². The molecule has 3 aromatic heterocycles. The van der Waals surface area contributed by atoms with Crippen LogP contribution in [0.1, 0.15) is 29.0 Å². The van der Waals surface area contributed by atoms with Crippen LogP contribution in [0, 0.1) is 18.8 Å². The predicted molar refractivity (Wildman–Crippen MR) is 90.7 cm³/mol. The molecule has 1 fully saturated rings. The van der Waals surface area contributed by atoms with E-state index in [9.17, 15) is 9.18 Å². The van der Waals surface area contributed by atoms with Gasteiger partial charge in [-0.15, -0.1) is 0 Å². The molecule has 0 N–H and O–H groups in total. The number of carbonyl (C=O) groups is 1. The summed E-state index contributed by atoms with van der Waals surface area (Å²) in [5.41, 5.74) is 1.10. The number of amides is 1. The summed E-state index contributed by atoms with van der Waals surface area (Å²) in [5, 5.41) is 0. The van der Waals surface area contributed by atoms with E-state index >= 15 is 0 Å². The molecule has 1 saturated heterocycles. The number of carbonyl (C=O) groups excluding carboxylic acids is 1. The maximum absolute atomic E-state index is 14.7. The Kier molecular flexibility index (Phi) is 3.99. The molecule has 0 spiro atoms. The highest BCUT2D eigenvalue weighted by Crippen LogP contribution is 2.22. The lowest BCUT2D eigenvalue weighted by Crippen LogP contribution is -2.41. The highest BCUT2D eigenvalue weighted by molar-refractivity contribution is 5.93. The fraction of sp³-hybridized carbons (Fsp3) is 0.389. The molecule has 3 aromatic rings. The number of rotatable bonds is 3. The highest BCUT2D eigenvalue weighted by Gasteiger charge is 2.29. The predicted octanol–water partition coefficient (Wildman–Crippen LogP) is 2.53. The third-order valence-corrected chi connectivity index (χ3v) is 4.82. The minimum Gasteiger partial charge on any atom is -0.337 e. The molecule has 130 valence electrons. The summed E-state index contributed by atoms with van der Waals surface area (Å²) in [6, 6.07) is 5.33. The van der Waals surface area contributed by atoms with E-state index in [-0.39, 0.29) is 11.6 Å². The van der Waals surface area contributed by atoms with E-state index in [1.54, 1.807) is 36.5 Å². The van der Waals surface area contributed by atoms with Crippen LogP contribution in [0.2, 0.25) is 0 Å². The van der Waals surface area contributed by atoms with Crippen molar-refractivity contribution in [3.8, 4) is 0 Å². The lowest BCUT2D eigenvalue weighted by molar-refractivity contribution is 0.0651. The Morgan fingerprint density at radius 3 is 3.04 bits per heavy atom. The molecule has 0 radical (unpaired) electrons. The van der Waals surface area contributed by atoms with Crippen LogP contribution in [-0.2, 0) is 6.54 Å². The van der Waals surface area contributed by atoms with Gasteiger partial charge in [-0.3, -0.25) is 9.20 Å². The van der Waals surface area contributed by atoms with Crippen molar-refractivity contribution in [2.24, 2.45) is 5.92 Å². The summed E-state index contributed by atoms with van der Waals surface area (Å²) < 4.78 is 18.1. The molecule has 0 bridgehead atoms. The van der Waals surface area contributed by atoms with Crippen LogP contribution >= 0.6 is 0 Å². The number of likely N-dealkylation sites (tertiary alicyclic amines) is 1. The van der Waals surface area contributed by atoms with Crippen molar-refractivity contribution in [2.45, 2.75) is 26.3 Å². The first-order chi connectivity index (χ1) is 12.1. The van der Waals surface area contributed by atoms with Gasteiger partial charge in [0.1, 0.15) is 5.65 Å². The molecular weight excluding hydrogens is 321 g/mol. The van der Waals surface area contributed by atoms with Crippen LogP contribution in [0.25, 0.3) is 5.65 Å². The zero-order chi connectivity index (χ0) is 17.4. The van der Waals surface area contributed by atoms with Gasteiger partial charge in [0.25, 0.3) is 5.91 Å². The number of hydrogen-bond donors (Lipinski definition) is 0. The van der Waals surface area contributed by atoms with Gasteiger partial charge in [-0.2, -0.15) is 4.39 Å². The number of aryl methyl sites for hydroxylation is 1. The average Bonchev–Trinajstić information content (AvgIpc) is 3.23. The Labute approximate surface area is 144 Å². The van der Waals surface area contributed by atoms with Gasteiger partial charge in [0.05, 0.1) is 6.33 Å². The molecule has 0 aliphatic carbocycles. The number of nitrogens with zero attached hydrogens (tertiary/aromatic N) is 5. The topological polar surface area (TPSA) is 55.4 Å². The first kappa shape index (κ1) is 15.8. The number of piperidine rings is 1. The zero-order valence-electron chi connectivity index (χ0n) is 14.1. The van der Waals surface area contributed by atoms with Gasteiger partial charge in [-0.05, 0) is 37.8 Å². The van der Waals surface area contributed by atoms with Gasteiger partial charge in [0.2, 0.25) is 5.95 Å². The number of halogens is 1. The lowest BCUT2D eigenvalue weighted by atomic mass is 9.97. The fourth-order valence-corrected chi connectivity index (χ4v) is 3.59. The van der Waals surface area contributed by atoms with Gasteiger partial charge < -0.3 is 9.47 Å². The van der Waals surface area contributed by atoms with Gasteiger partial charge in [-0.25, -0.2) is 9.97 Å². The smallest absolute Gasteiger partial charge is 0.277 e. The Hall–Kier alpha value is -2.70. The third-order valence-electron chi connectivity index (χ3n) is 4.82. The van der Waals surface area contributed by atoms with E-state index in [1.165, 1.54) is 4.40 Å². The van der Waals surface area contributed by atoms with Crippen LogP contribution in [0.4, 0.5) is 4.39 Å².